The van der Waals surface area contributed by atoms with Crippen LogP contribution in [0.3, 0.4) is 0 Å². The topological polar surface area (TPSA) is 114 Å². The van der Waals surface area contributed by atoms with E-state index in [4.69, 9.17) is 9.94 Å². The fourth-order valence-electron chi connectivity index (χ4n) is 1.91. The molecule has 8 nitrogen and oxygen atoms in total. The second-order valence-corrected chi connectivity index (χ2v) is 4.28. The summed E-state index contributed by atoms with van der Waals surface area (Å²) in [5.41, 5.74) is -0.383. The summed E-state index contributed by atoms with van der Waals surface area (Å²) in [6.45, 7) is 0. The number of amides is 1. The maximum absolute atomic E-state index is 11.2. The minimum absolute atomic E-state index is 0.0550. The molecule has 0 saturated heterocycles. The Morgan fingerprint density at radius 3 is 2.90 bits per heavy atom. The van der Waals surface area contributed by atoms with Gasteiger partial charge in [-0.1, -0.05) is 5.16 Å². The molecule has 1 heterocycles. The van der Waals surface area contributed by atoms with Gasteiger partial charge in [-0.05, 0) is 31.7 Å². The second kappa shape index (κ2) is 6.60. The quantitative estimate of drug-likeness (QED) is 0.452. The summed E-state index contributed by atoms with van der Waals surface area (Å²) in [5.74, 6) is -1.20. The zero-order valence-electron chi connectivity index (χ0n) is 10.7. The van der Waals surface area contributed by atoms with Gasteiger partial charge in [0.05, 0.1) is 0 Å². The molecule has 8 heteroatoms. The van der Waals surface area contributed by atoms with E-state index >= 15 is 0 Å². The van der Waals surface area contributed by atoms with E-state index in [-0.39, 0.29) is 23.5 Å². The van der Waals surface area contributed by atoms with E-state index in [1.54, 1.807) is 0 Å². The van der Waals surface area contributed by atoms with E-state index in [2.05, 4.69) is 20.4 Å². The number of carboxylic acids is 1. The van der Waals surface area contributed by atoms with Gasteiger partial charge in [0.25, 0.3) is 0 Å². The number of carbonyl (C=O) groups excluding carboxylic acids is 1. The maximum atomic E-state index is 11.2. The SMILES string of the molecule is O=CNc1ccnc(C(=NOC2CCCC2)C(=O)O)n1. The standard InChI is InChI=1S/C12H14N4O4/c17-7-14-9-5-6-13-11(15-9)10(12(18)19)16-20-8-3-1-2-4-8/h5-8H,1-4H2,(H,18,19)(H,13,14,15,17). The van der Waals surface area contributed by atoms with Crippen molar-refractivity contribution in [3.8, 4) is 0 Å². The Balaban J connectivity index is 2.18. The van der Waals surface area contributed by atoms with Gasteiger partial charge in [0.1, 0.15) is 11.9 Å². The number of rotatable bonds is 6. The first kappa shape index (κ1) is 13.9. The van der Waals surface area contributed by atoms with Gasteiger partial charge in [0.2, 0.25) is 12.1 Å². The summed E-state index contributed by atoms with van der Waals surface area (Å²) < 4.78 is 0. The number of nitrogens with zero attached hydrogens (tertiary/aromatic N) is 3. The fraction of sp³-hybridized carbons (Fsp3) is 0.417. The van der Waals surface area contributed by atoms with Gasteiger partial charge in [-0.25, -0.2) is 14.8 Å². The van der Waals surface area contributed by atoms with Crippen molar-refractivity contribution in [2.24, 2.45) is 5.16 Å². The molecule has 0 radical (unpaired) electrons. The van der Waals surface area contributed by atoms with E-state index in [0.29, 0.717) is 6.41 Å². The lowest BCUT2D eigenvalue weighted by Gasteiger charge is -2.07. The van der Waals surface area contributed by atoms with Crippen molar-refractivity contribution in [3.63, 3.8) is 0 Å². The normalized spacial score (nSPS) is 15.9. The van der Waals surface area contributed by atoms with Crippen LogP contribution in [0.4, 0.5) is 5.82 Å². The third-order valence-electron chi connectivity index (χ3n) is 2.87. The van der Waals surface area contributed by atoms with Gasteiger partial charge in [0, 0.05) is 6.20 Å². The third-order valence-corrected chi connectivity index (χ3v) is 2.87. The van der Waals surface area contributed by atoms with Gasteiger partial charge in [-0.3, -0.25) is 4.79 Å². The van der Waals surface area contributed by atoms with E-state index in [9.17, 15) is 9.59 Å². The van der Waals surface area contributed by atoms with Crippen LogP contribution in [0.25, 0.3) is 0 Å². The molecule has 1 aromatic heterocycles. The molecule has 0 aromatic carbocycles. The minimum atomic E-state index is -1.29. The number of hydrogen-bond acceptors (Lipinski definition) is 6. The smallest absolute Gasteiger partial charge is 0.361 e. The molecule has 0 bridgehead atoms. The van der Waals surface area contributed by atoms with Crippen molar-refractivity contribution in [1.82, 2.24) is 9.97 Å². The number of aromatic nitrogens is 2. The van der Waals surface area contributed by atoms with Crippen molar-refractivity contribution in [3.05, 3.63) is 18.1 Å². The highest BCUT2D eigenvalue weighted by Crippen LogP contribution is 2.21. The highest BCUT2D eigenvalue weighted by atomic mass is 16.6. The molecule has 1 aliphatic carbocycles. The molecule has 0 spiro atoms. The Kier molecular flexibility index (Phi) is 4.59. The predicted molar refractivity (Wildman–Crippen MR) is 69.2 cm³/mol. The fourth-order valence-corrected chi connectivity index (χ4v) is 1.91. The first-order chi connectivity index (χ1) is 9.70. The van der Waals surface area contributed by atoms with E-state index < -0.39 is 5.97 Å². The monoisotopic (exact) mass is 278 g/mol. The highest BCUT2D eigenvalue weighted by molar-refractivity contribution is 6.41. The van der Waals surface area contributed by atoms with Crippen LogP contribution in [0.5, 0.6) is 0 Å². The lowest BCUT2D eigenvalue weighted by atomic mass is 10.3. The number of anilines is 1. The van der Waals surface area contributed by atoms with Gasteiger partial charge in [-0.15, -0.1) is 0 Å². The highest BCUT2D eigenvalue weighted by Gasteiger charge is 2.21. The van der Waals surface area contributed by atoms with Crippen LogP contribution in [0.1, 0.15) is 31.5 Å². The first-order valence-electron chi connectivity index (χ1n) is 6.21. The van der Waals surface area contributed by atoms with Crippen LogP contribution < -0.4 is 5.32 Å². The molecule has 1 aromatic rings. The molecule has 0 atom stereocenters. The number of aliphatic carboxylic acids is 1. The largest absolute Gasteiger partial charge is 0.476 e. The van der Waals surface area contributed by atoms with Crippen LogP contribution in [0.2, 0.25) is 0 Å². The average Bonchev–Trinajstić information content (AvgIpc) is 2.93. The Labute approximate surface area is 114 Å². The number of nitrogens with one attached hydrogen (secondary N) is 1. The molecule has 2 N–H and O–H groups in total. The molecular formula is C12H14N4O4. The summed E-state index contributed by atoms with van der Waals surface area (Å²) in [5, 5.41) is 15.1. The average molecular weight is 278 g/mol. The van der Waals surface area contributed by atoms with Crippen LogP contribution in [0, 0.1) is 0 Å². The van der Waals surface area contributed by atoms with Crippen molar-refractivity contribution >= 4 is 23.9 Å². The number of oxime groups is 1. The molecule has 1 aliphatic rings. The van der Waals surface area contributed by atoms with Crippen LogP contribution in [-0.4, -0.2) is 39.3 Å². The molecule has 1 amide bonds. The van der Waals surface area contributed by atoms with Gasteiger partial charge in [0.15, 0.2) is 5.82 Å². The van der Waals surface area contributed by atoms with E-state index in [1.807, 2.05) is 0 Å². The lowest BCUT2D eigenvalue weighted by molar-refractivity contribution is -0.129. The minimum Gasteiger partial charge on any atom is -0.476 e. The first-order valence-corrected chi connectivity index (χ1v) is 6.21. The molecule has 20 heavy (non-hydrogen) atoms. The third kappa shape index (κ3) is 3.50. The number of hydrogen-bond donors (Lipinski definition) is 2. The Morgan fingerprint density at radius 1 is 1.50 bits per heavy atom. The summed E-state index contributed by atoms with van der Waals surface area (Å²) in [7, 11) is 0. The van der Waals surface area contributed by atoms with Gasteiger partial charge < -0.3 is 15.3 Å². The van der Waals surface area contributed by atoms with Crippen molar-refractivity contribution in [2.75, 3.05) is 5.32 Å². The van der Waals surface area contributed by atoms with E-state index in [1.165, 1.54) is 12.3 Å². The van der Waals surface area contributed by atoms with Crippen LogP contribution in [0.15, 0.2) is 17.4 Å². The van der Waals surface area contributed by atoms with Gasteiger partial charge >= 0.3 is 5.97 Å². The maximum Gasteiger partial charge on any atom is 0.361 e. The summed E-state index contributed by atoms with van der Waals surface area (Å²) in [4.78, 5) is 34.5. The van der Waals surface area contributed by atoms with Crippen molar-refractivity contribution in [1.29, 1.82) is 0 Å². The molecule has 1 fully saturated rings. The number of carboxylic acid groups (broad SMARTS) is 1. The number of carbonyl (C=O) groups is 2. The molecule has 2 rings (SSSR count). The zero-order valence-corrected chi connectivity index (χ0v) is 10.7. The van der Waals surface area contributed by atoms with Crippen LogP contribution in [-0.2, 0) is 14.4 Å². The molecule has 0 aliphatic heterocycles. The molecule has 0 unspecified atom stereocenters. The lowest BCUT2D eigenvalue weighted by Crippen LogP contribution is -2.20. The van der Waals surface area contributed by atoms with Crippen LogP contribution >= 0.6 is 0 Å². The summed E-state index contributed by atoms with van der Waals surface area (Å²) in [6.07, 6.45) is 5.56. The van der Waals surface area contributed by atoms with Crippen molar-refractivity contribution < 1.29 is 19.5 Å². The molecular weight excluding hydrogens is 264 g/mol. The second-order valence-electron chi connectivity index (χ2n) is 4.28. The van der Waals surface area contributed by atoms with E-state index in [0.717, 1.165) is 25.7 Å². The predicted octanol–water partition coefficient (Wildman–Crippen LogP) is 0.793. The zero-order chi connectivity index (χ0) is 14.4. The Hall–Kier alpha value is -2.51. The van der Waals surface area contributed by atoms with Gasteiger partial charge in [-0.2, -0.15) is 0 Å². The Bertz CT molecular complexity index is 526. The summed E-state index contributed by atoms with van der Waals surface area (Å²) in [6, 6.07) is 1.44. The Morgan fingerprint density at radius 2 is 2.25 bits per heavy atom. The van der Waals surface area contributed by atoms with Crippen molar-refractivity contribution in [2.45, 2.75) is 31.8 Å². The molecule has 1 saturated carbocycles. The summed E-state index contributed by atoms with van der Waals surface area (Å²) >= 11 is 0. The molecule has 106 valence electrons.